The van der Waals surface area contributed by atoms with Crippen molar-refractivity contribution >= 4 is 16.6 Å². The van der Waals surface area contributed by atoms with Crippen LogP contribution in [0.25, 0.3) is 16.6 Å². The van der Waals surface area contributed by atoms with Gasteiger partial charge in [-0.3, -0.25) is 0 Å². The van der Waals surface area contributed by atoms with E-state index >= 15 is 0 Å². The molecular formula is C23H28N2. The summed E-state index contributed by atoms with van der Waals surface area (Å²) in [6.07, 6.45) is 4.13. The van der Waals surface area contributed by atoms with Crippen LogP contribution in [0.1, 0.15) is 53.9 Å². The van der Waals surface area contributed by atoms with Crippen LogP contribution in [0, 0.1) is 20.8 Å². The van der Waals surface area contributed by atoms with E-state index in [1.54, 1.807) is 0 Å². The summed E-state index contributed by atoms with van der Waals surface area (Å²) in [5.74, 6) is 1.13. The third-order valence-corrected chi connectivity index (χ3v) is 5.24. The maximum atomic E-state index is 4.96. The predicted molar refractivity (Wildman–Crippen MR) is 108 cm³/mol. The largest absolute Gasteiger partial charge is 0.330 e. The second kappa shape index (κ2) is 6.87. The highest BCUT2D eigenvalue weighted by Crippen LogP contribution is 2.29. The van der Waals surface area contributed by atoms with Gasteiger partial charge < -0.3 is 4.57 Å². The van der Waals surface area contributed by atoms with Crippen LogP contribution in [0.2, 0.25) is 0 Å². The number of imidazole rings is 1. The molecule has 0 bridgehead atoms. The van der Waals surface area contributed by atoms with Crippen LogP contribution in [-0.4, -0.2) is 9.55 Å². The Morgan fingerprint density at radius 1 is 1.12 bits per heavy atom. The lowest BCUT2D eigenvalue weighted by atomic mass is 9.97. The van der Waals surface area contributed by atoms with Gasteiger partial charge in [-0.25, -0.2) is 4.98 Å². The minimum atomic E-state index is 0.875. The van der Waals surface area contributed by atoms with Crippen molar-refractivity contribution in [1.29, 1.82) is 0 Å². The fraction of sp³-hybridized carbons (Fsp3) is 0.348. The molecule has 25 heavy (non-hydrogen) atoms. The van der Waals surface area contributed by atoms with Crippen molar-refractivity contribution in [3.8, 4) is 0 Å². The number of aromatic nitrogens is 2. The van der Waals surface area contributed by atoms with Gasteiger partial charge in [-0.15, -0.1) is 0 Å². The molecule has 3 aromatic rings. The van der Waals surface area contributed by atoms with Gasteiger partial charge in [0.2, 0.25) is 0 Å². The molecule has 0 aliphatic rings. The van der Waals surface area contributed by atoms with Gasteiger partial charge in [0.1, 0.15) is 5.82 Å². The number of aryl methyl sites for hydroxylation is 4. The summed E-state index contributed by atoms with van der Waals surface area (Å²) >= 11 is 0. The lowest BCUT2D eigenvalue weighted by molar-refractivity contribution is 0.838. The van der Waals surface area contributed by atoms with Gasteiger partial charge in [0.05, 0.1) is 11.0 Å². The van der Waals surface area contributed by atoms with Gasteiger partial charge in [0.15, 0.2) is 0 Å². The van der Waals surface area contributed by atoms with Crippen LogP contribution in [0.15, 0.2) is 36.4 Å². The van der Waals surface area contributed by atoms with E-state index < -0.39 is 0 Å². The highest BCUT2D eigenvalue weighted by molar-refractivity contribution is 5.89. The van der Waals surface area contributed by atoms with Crippen LogP contribution >= 0.6 is 0 Å². The molecule has 0 radical (unpaired) electrons. The smallest absolute Gasteiger partial charge is 0.114 e. The fourth-order valence-corrected chi connectivity index (χ4v) is 3.93. The van der Waals surface area contributed by atoms with Crippen molar-refractivity contribution < 1.29 is 0 Å². The Kier molecular flexibility index (Phi) is 4.80. The zero-order valence-electron chi connectivity index (χ0n) is 16.3. The molecule has 1 heterocycles. The number of rotatable bonds is 4. The monoisotopic (exact) mass is 332 g/mol. The van der Waals surface area contributed by atoms with Gasteiger partial charge in [0, 0.05) is 19.0 Å². The quantitative estimate of drug-likeness (QED) is 0.581. The first-order chi connectivity index (χ1) is 12.0. The number of para-hydroxylation sites is 1. The maximum absolute atomic E-state index is 4.96. The zero-order valence-corrected chi connectivity index (χ0v) is 16.3. The maximum Gasteiger partial charge on any atom is 0.114 e. The second-order valence-electron chi connectivity index (χ2n) is 6.98. The second-order valence-corrected chi connectivity index (χ2v) is 6.98. The Hall–Kier alpha value is -2.35. The molecule has 0 fully saturated rings. The lowest BCUT2D eigenvalue weighted by Crippen LogP contribution is -2.03. The van der Waals surface area contributed by atoms with Gasteiger partial charge in [-0.2, -0.15) is 0 Å². The highest BCUT2D eigenvalue weighted by Gasteiger charge is 2.15. The van der Waals surface area contributed by atoms with Crippen molar-refractivity contribution in [1.82, 2.24) is 9.55 Å². The molecule has 2 aromatic carbocycles. The standard InChI is InChI=1S/C23H28N2/c1-7-18(8-2)19-10-9-11-21-23(19)25(6)22(24-21)14-20-16(4)12-15(3)13-17(20)5/h7,9-13H,8,14H2,1-6H3/b18-7-. The van der Waals surface area contributed by atoms with E-state index in [9.17, 15) is 0 Å². The van der Waals surface area contributed by atoms with Gasteiger partial charge >= 0.3 is 0 Å². The summed E-state index contributed by atoms with van der Waals surface area (Å²) in [5, 5.41) is 0. The average molecular weight is 332 g/mol. The first kappa shape index (κ1) is 17.5. The van der Waals surface area contributed by atoms with E-state index in [1.165, 1.54) is 38.9 Å². The van der Waals surface area contributed by atoms with E-state index in [1.807, 2.05) is 0 Å². The van der Waals surface area contributed by atoms with Gasteiger partial charge in [-0.1, -0.05) is 42.8 Å². The van der Waals surface area contributed by atoms with Gasteiger partial charge in [0.25, 0.3) is 0 Å². The Morgan fingerprint density at radius 2 is 1.80 bits per heavy atom. The minimum Gasteiger partial charge on any atom is -0.330 e. The molecule has 0 amide bonds. The molecule has 2 heteroatoms. The molecule has 0 saturated heterocycles. The molecule has 0 saturated carbocycles. The topological polar surface area (TPSA) is 17.8 Å². The number of nitrogens with zero attached hydrogens (tertiary/aromatic N) is 2. The SMILES string of the molecule is C/C=C(/CC)c1cccc2nc(Cc3c(C)cc(C)cc3C)n(C)c12. The van der Waals surface area contributed by atoms with E-state index in [-0.39, 0.29) is 0 Å². The van der Waals surface area contributed by atoms with Crippen LogP contribution < -0.4 is 0 Å². The van der Waals surface area contributed by atoms with Crippen LogP contribution in [-0.2, 0) is 13.5 Å². The molecule has 0 aliphatic heterocycles. The summed E-state index contributed by atoms with van der Waals surface area (Å²) in [5.41, 5.74) is 10.4. The molecule has 1 aromatic heterocycles. The van der Waals surface area contributed by atoms with E-state index in [4.69, 9.17) is 4.98 Å². The number of allylic oxidation sites excluding steroid dienone is 2. The van der Waals surface area contributed by atoms with E-state index in [2.05, 4.69) is 82.6 Å². The minimum absolute atomic E-state index is 0.875. The van der Waals surface area contributed by atoms with Crippen LogP contribution in [0.4, 0.5) is 0 Å². The van der Waals surface area contributed by atoms with Crippen molar-refractivity contribution in [3.63, 3.8) is 0 Å². The van der Waals surface area contributed by atoms with Crippen molar-refractivity contribution in [3.05, 3.63) is 70.0 Å². The van der Waals surface area contributed by atoms with Crippen LogP contribution in [0.5, 0.6) is 0 Å². The number of hydrogen-bond acceptors (Lipinski definition) is 1. The lowest BCUT2D eigenvalue weighted by Gasteiger charge is -2.12. The number of fused-ring (bicyclic) bond motifs is 1. The molecule has 3 rings (SSSR count). The van der Waals surface area contributed by atoms with E-state index in [0.717, 1.165) is 24.2 Å². The first-order valence-electron chi connectivity index (χ1n) is 9.12. The number of hydrogen-bond donors (Lipinski definition) is 0. The third-order valence-electron chi connectivity index (χ3n) is 5.24. The zero-order chi connectivity index (χ0) is 18.1. The summed E-state index contributed by atoms with van der Waals surface area (Å²) in [7, 11) is 2.15. The highest BCUT2D eigenvalue weighted by atomic mass is 15.1. The summed E-state index contributed by atoms with van der Waals surface area (Å²) < 4.78 is 2.28. The van der Waals surface area contributed by atoms with Crippen molar-refractivity contribution in [2.45, 2.75) is 47.5 Å². The van der Waals surface area contributed by atoms with Crippen molar-refractivity contribution in [2.75, 3.05) is 0 Å². The Bertz CT molecular complexity index is 935. The first-order valence-corrected chi connectivity index (χ1v) is 9.12. The number of benzene rings is 2. The molecule has 0 spiro atoms. The summed E-state index contributed by atoms with van der Waals surface area (Å²) in [4.78, 5) is 4.96. The van der Waals surface area contributed by atoms with E-state index in [0.29, 0.717) is 0 Å². The molecular weight excluding hydrogens is 304 g/mol. The predicted octanol–water partition coefficient (Wildman–Crippen LogP) is 5.90. The van der Waals surface area contributed by atoms with Gasteiger partial charge in [-0.05, 0) is 62.4 Å². The summed E-state index contributed by atoms with van der Waals surface area (Å²) in [6, 6.07) is 11.0. The molecule has 2 nitrogen and oxygen atoms in total. The normalized spacial score (nSPS) is 12.2. The summed E-state index contributed by atoms with van der Waals surface area (Å²) in [6.45, 7) is 10.9. The molecule has 0 aliphatic carbocycles. The molecule has 0 N–H and O–H groups in total. The fourth-order valence-electron chi connectivity index (χ4n) is 3.93. The molecule has 0 unspecified atom stereocenters. The Labute approximate surface area is 151 Å². The third kappa shape index (κ3) is 3.13. The Balaban J connectivity index is 2.14. The van der Waals surface area contributed by atoms with Crippen LogP contribution in [0.3, 0.4) is 0 Å². The molecule has 130 valence electrons. The molecule has 0 atom stereocenters. The van der Waals surface area contributed by atoms with Crippen molar-refractivity contribution in [2.24, 2.45) is 7.05 Å². The Morgan fingerprint density at radius 3 is 2.40 bits per heavy atom. The average Bonchev–Trinajstić information content (AvgIpc) is 2.89.